The van der Waals surface area contributed by atoms with Crippen LogP contribution in [0.5, 0.6) is 0 Å². The molecule has 0 aromatic carbocycles. The van der Waals surface area contributed by atoms with E-state index in [0.717, 1.165) is 26.2 Å². The molecule has 2 aliphatic rings. The number of rotatable bonds is 3. The molecular formula is C12H22N2O. The summed E-state index contributed by atoms with van der Waals surface area (Å²) in [5.74, 6) is 1.78. The number of piperidine rings is 1. The summed E-state index contributed by atoms with van der Waals surface area (Å²) in [6.07, 6.45) is 1.87. The summed E-state index contributed by atoms with van der Waals surface area (Å²) in [7, 11) is 0. The second kappa shape index (κ2) is 4.62. The number of hydrogen-bond donors (Lipinski definition) is 1. The number of carbonyl (C=O) groups is 1. The van der Waals surface area contributed by atoms with Crippen molar-refractivity contribution in [1.29, 1.82) is 0 Å². The van der Waals surface area contributed by atoms with Crippen molar-refractivity contribution in [2.45, 2.75) is 32.7 Å². The highest BCUT2D eigenvalue weighted by molar-refractivity contribution is 5.84. The van der Waals surface area contributed by atoms with Crippen LogP contribution < -0.4 is 5.32 Å². The Hall–Kier alpha value is -0.410. The first-order valence-corrected chi connectivity index (χ1v) is 6.25. The van der Waals surface area contributed by atoms with Crippen molar-refractivity contribution in [3.8, 4) is 0 Å². The predicted octanol–water partition coefficient (Wildman–Crippen LogP) is 0.895. The average molecular weight is 210 g/mol. The molecule has 2 aliphatic heterocycles. The lowest BCUT2D eigenvalue weighted by Crippen LogP contribution is -2.42. The Morgan fingerprint density at radius 1 is 1.47 bits per heavy atom. The first-order chi connectivity index (χ1) is 7.27. The minimum Gasteiger partial charge on any atom is -0.316 e. The molecule has 1 N–H and O–H groups in total. The molecule has 0 aromatic rings. The Bertz CT molecular complexity index is 242. The molecule has 3 heteroatoms. The Labute approximate surface area is 92.2 Å². The summed E-state index contributed by atoms with van der Waals surface area (Å²) in [6.45, 7) is 8.49. The van der Waals surface area contributed by atoms with Gasteiger partial charge in [0.05, 0.1) is 6.04 Å². The fourth-order valence-corrected chi connectivity index (χ4v) is 3.22. The van der Waals surface area contributed by atoms with E-state index < -0.39 is 0 Å². The maximum Gasteiger partial charge on any atom is 0.149 e. The van der Waals surface area contributed by atoms with E-state index in [1.54, 1.807) is 0 Å². The SMILES string of the molecule is CCC(=O)C1C2CCNCC2CN1CC. The molecule has 0 saturated carbocycles. The Kier molecular flexibility index (Phi) is 3.42. The van der Waals surface area contributed by atoms with Gasteiger partial charge in [-0.15, -0.1) is 0 Å². The van der Waals surface area contributed by atoms with Gasteiger partial charge in [0.15, 0.2) is 0 Å². The van der Waals surface area contributed by atoms with Crippen LogP contribution in [0.15, 0.2) is 0 Å². The molecule has 3 atom stereocenters. The number of carbonyl (C=O) groups excluding carboxylic acids is 1. The maximum absolute atomic E-state index is 12.0. The van der Waals surface area contributed by atoms with E-state index >= 15 is 0 Å². The van der Waals surface area contributed by atoms with Crippen LogP contribution in [0.2, 0.25) is 0 Å². The van der Waals surface area contributed by atoms with Gasteiger partial charge in [-0.25, -0.2) is 0 Å². The summed E-state index contributed by atoms with van der Waals surface area (Å²) >= 11 is 0. The highest BCUT2D eigenvalue weighted by Gasteiger charge is 2.44. The third kappa shape index (κ3) is 1.95. The van der Waals surface area contributed by atoms with Crippen LogP contribution in [0.3, 0.4) is 0 Å². The van der Waals surface area contributed by atoms with Gasteiger partial charge in [0, 0.05) is 13.0 Å². The monoisotopic (exact) mass is 210 g/mol. The van der Waals surface area contributed by atoms with Gasteiger partial charge in [0.2, 0.25) is 0 Å². The van der Waals surface area contributed by atoms with Gasteiger partial charge in [-0.3, -0.25) is 9.69 Å². The van der Waals surface area contributed by atoms with Crippen LogP contribution in [0, 0.1) is 11.8 Å². The number of likely N-dealkylation sites (tertiary alicyclic amines) is 1. The molecule has 0 amide bonds. The van der Waals surface area contributed by atoms with Crippen molar-refractivity contribution < 1.29 is 4.79 Å². The van der Waals surface area contributed by atoms with E-state index in [1.165, 1.54) is 6.42 Å². The summed E-state index contributed by atoms with van der Waals surface area (Å²) in [5, 5.41) is 3.44. The van der Waals surface area contributed by atoms with Crippen molar-refractivity contribution in [3.63, 3.8) is 0 Å². The Morgan fingerprint density at radius 3 is 2.93 bits per heavy atom. The van der Waals surface area contributed by atoms with Crippen molar-refractivity contribution >= 4 is 5.78 Å². The lowest BCUT2D eigenvalue weighted by Gasteiger charge is -2.29. The third-order valence-electron chi connectivity index (χ3n) is 4.02. The van der Waals surface area contributed by atoms with E-state index in [1.807, 2.05) is 6.92 Å². The summed E-state index contributed by atoms with van der Waals surface area (Å²) in [4.78, 5) is 14.4. The van der Waals surface area contributed by atoms with Crippen LogP contribution in [0.4, 0.5) is 0 Å². The van der Waals surface area contributed by atoms with Crippen molar-refractivity contribution in [2.24, 2.45) is 11.8 Å². The predicted molar refractivity (Wildman–Crippen MR) is 60.8 cm³/mol. The molecule has 0 radical (unpaired) electrons. The van der Waals surface area contributed by atoms with Crippen molar-refractivity contribution in [1.82, 2.24) is 10.2 Å². The molecule has 2 saturated heterocycles. The van der Waals surface area contributed by atoms with Crippen molar-refractivity contribution in [2.75, 3.05) is 26.2 Å². The number of hydrogen-bond acceptors (Lipinski definition) is 3. The molecule has 3 unspecified atom stereocenters. The highest BCUT2D eigenvalue weighted by Crippen LogP contribution is 2.34. The van der Waals surface area contributed by atoms with Crippen LogP contribution in [0.1, 0.15) is 26.7 Å². The summed E-state index contributed by atoms with van der Waals surface area (Å²) in [5.41, 5.74) is 0. The van der Waals surface area contributed by atoms with Gasteiger partial charge in [-0.05, 0) is 37.9 Å². The van der Waals surface area contributed by atoms with Gasteiger partial charge < -0.3 is 5.32 Å². The summed E-state index contributed by atoms with van der Waals surface area (Å²) in [6, 6.07) is 0.229. The highest BCUT2D eigenvalue weighted by atomic mass is 16.1. The first kappa shape index (κ1) is 11.1. The van der Waals surface area contributed by atoms with Crippen molar-refractivity contribution in [3.05, 3.63) is 0 Å². The maximum atomic E-state index is 12.0. The second-order valence-electron chi connectivity index (χ2n) is 4.77. The normalized spacial score (nSPS) is 36.5. The van der Waals surface area contributed by atoms with E-state index in [0.29, 0.717) is 24.0 Å². The van der Waals surface area contributed by atoms with Gasteiger partial charge in [-0.1, -0.05) is 13.8 Å². The number of nitrogens with one attached hydrogen (secondary N) is 1. The minimum absolute atomic E-state index is 0.229. The Morgan fingerprint density at radius 2 is 2.27 bits per heavy atom. The fourth-order valence-electron chi connectivity index (χ4n) is 3.22. The smallest absolute Gasteiger partial charge is 0.149 e. The molecule has 2 heterocycles. The minimum atomic E-state index is 0.229. The van der Waals surface area contributed by atoms with Gasteiger partial charge in [0.1, 0.15) is 5.78 Å². The van der Waals surface area contributed by atoms with Crippen LogP contribution in [0.25, 0.3) is 0 Å². The van der Waals surface area contributed by atoms with E-state index in [-0.39, 0.29) is 6.04 Å². The largest absolute Gasteiger partial charge is 0.316 e. The number of nitrogens with zero attached hydrogens (tertiary/aromatic N) is 1. The Balaban J connectivity index is 2.13. The zero-order chi connectivity index (χ0) is 10.8. The second-order valence-corrected chi connectivity index (χ2v) is 4.77. The van der Waals surface area contributed by atoms with E-state index in [2.05, 4.69) is 17.1 Å². The molecule has 86 valence electrons. The summed E-state index contributed by atoms with van der Waals surface area (Å²) < 4.78 is 0. The van der Waals surface area contributed by atoms with Gasteiger partial charge in [-0.2, -0.15) is 0 Å². The van der Waals surface area contributed by atoms with Crippen LogP contribution in [-0.4, -0.2) is 42.9 Å². The molecule has 0 spiro atoms. The van der Waals surface area contributed by atoms with Gasteiger partial charge >= 0.3 is 0 Å². The van der Waals surface area contributed by atoms with E-state index in [4.69, 9.17) is 0 Å². The third-order valence-corrected chi connectivity index (χ3v) is 4.02. The van der Waals surface area contributed by atoms with Crippen LogP contribution >= 0.6 is 0 Å². The standard InChI is InChI=1S/C12H22N2O/c1-3-11(15)12-10-5-6-13-7-9(10)8-14(12)4-2/h9-10,12-13H,3-8H2,1-2H3. The van der Waals surface area contributed by atoms with Crippen LogP contribution in [-0.2, 0) is 4.79 Å². The molecule has 0 aliphatic carbocycles. The first-order valence-electron chi connectivity index (χ1n) is 6.25. The lowest BCUT2D eigenvalue weighted by atomic mass is 9.83. The number of fused-ring (bicyclic) bond motifs is 1. The average Bonchev–Trinajstić information content (AvgIpc) is 2.66. The van der Waals surface area contributed by atoms with E-state index in [9.17, 15) is 4.79 Å². The molecule has 2 fully saturated rings. The molecule has 15 heavy (non-hydrogen) atoms. The zero-order valence-electron chi connectivity index (χ0n) is 9.83. The molecular weight excluding hydrogens is 188 g/mol. The fraction of sp³-hybridized carbons (Fsp3) is 0.917. The number of likely N-dealkylation sites (N-methyl/N-ethyl adjacent to an activating group) is 1. The number of ketones is 1. The zero-order valence-corrected chi connectivity index (χ0v) is 9.83. The lowest BCUT2D eigenvalue weighted by molar-refractivity contribution is -0.124. The molecule has 3 nitrogen and oxygen atoms in total. The molecule has 2 rings (SSSR count). The molecule has 0 bridgehead atoms. The van der Waals surface area contributed by atoms with Gasteiger partial charge in [0.25, 0.3) is 0 Å². The topological polar surface area (TPSA) is 32.3 Å². The molecule has 0 aromatic heterocycles. The number of Topliss-reactive ketones (excluding diaryl/α,β-unsaturated/α-hetero) is 1. The quantitative estimate of drug-likeness (QED) is 0.751.